The number of nitrogens with zero attached hydrogens (tertiary/aromatic N) is 1. The number of likely N-dealkylation sites (N-methyl/N-ethyl adjacent to an activating group) is 1. The van der Waals surface area contributed by atoms with Gasteiger partial charge in [-0.05, 0) is 36.8 Å². The van der Waals surface area contributed by atoms with Gasteiger partial charge in [0.05, 0.1) is 6.04 Å². The molecule has 1 atom stereocenters. The molecule has 0 radical (unpaired) electrons. The average molecular weight is 331 g/mol. The zero-order valence-corrected chi connectivity index (χ0v) is 13.4. The summed E-state index contributed by atoms with van der Waals surface area (Å²) >= 11 is 0. The second-order valence-electron chi connectivity index (χ2n) is 5.32. The third-order valence-corrected chi connectivity index (χ3v) is 3.80. The Balaban J connectivity index is 2.02. The summed E-state index contributed by atoms with van der Waals surface area (Å²) in [6.07, 6.45) is 0. The van der Waals surface area contributed by atoms with Crippen LogP contribution in [0.25, 0.3) is 0 Å². The van der Waals surface area contributed by atoms with Crippen molar-refractivity contribution in [2.45, 2.75) is 13.0 Å². The number of carboxylic acid groups (broad SMARTS) is 1. The number of hydrogen-bond acceptors (Lipinski definition) is 3. The van der Waals surface area contributed by atoms with Gasteiger partial charge in [-0.25, -0.2) is 9.18 Å². The number of carboxylic acids is 1. The van der Waals surface area contributed by atoms with E-state index in [0.717, 1.165) is 5.56 Å². The Morgan fingerprint density at radius 3 is 2.42 bits per heavy atom. The minimum atomic E-state index is -1.12. The molecule has 0 fully saturated rings. The standard InChI is InChI=1S/C18H18FNO4/c1-12(13-7-9-14(19)10-8-13)20(2)17(21)11-24-16-6-4-3-5-15(16)18(22)23/h3-10,12H,11H2,1-2H3,(H,22,23). The molecule has 6 heteroatoms. The Kier molecular flexibility index (Phi) is 5.52. The minimum absolute atomic E-state index is 0.000430. The first-order valence-corrected chi connectivity index (χ1v) is 7.36. The third-order valence-electron chi connectivity index (χ3n) is 3.80. The van der Waals surface area contributed by atoms with Gasteiger partial charge < -0.3 is 14.7 Å². The number of halogens is 1. The monoisotopic (exact) mass is 331 g/mol. The molecule has 0 saturated heterocycles. The summed E-state index contributed by atoms with van der Waals surface area (Å²) < 4.78 is 18.3. The largest absolute Gasteiger partial charge is 0.483 e. The highest BCUT2D eigenvalue weighted by molar-refractivity contribution is 5.91. The Morgan fingerprint density at radius 1 is 1.17 bits per heavy atom. The topological polar surface area (TPSA) is 66.8 Å². The van der Waals surface area contributed by atoms with Crippen LogP contribution in [0.4, 0.5) is 4.39 Å². The third kappa shape index (κ3) is 4.10. The zero-order chi connectivity index (χ0) is 17.7. The molecule has 0 aliphatic carbocycles. The van der Waals surface area contributed by atoms with E-state index in [2.05, 4.69) is 0 Å². The summed E-state index contributed by atoms with van der Waals surface area (Å²) in [6, 6.07) is 11.8. The number of benzene rings is 2. The van der Waals surface area contributed by atoms with Crippen molar-refractivity contribution in [2.75, 3.05) is 13.7 Å². The van der Waals surface area contributed by atoms with Crippen LogP contribution in [0.5, 0.6) is 5.75 Å². The van der Waals surface area contributed by atoms with Gasteiger partial charge >= 0.3 is 5.97 Å². The highest BCUT2D eigenvalue weighted by Gasteiger charge is 2.19. The van der Waals surface area contributed by atoms with Crippen molar-refractivity contribution in [3.8, 4) is 5.75 Å². The van der Waals surface area contributed by atoms with E-state index in [1.165, 1.54) is 29.2 Å². The van der Waals surface area contributed by atoms with Crippen LogP contribution in [0.15, 0.2) is 48.5 Å². The molecule has 1 N–H and O–H groups in total. The summed E-state index contributed by atoms with van der Waals surface area (Å²) in [5, 5.41) is 9.09. The van der Waals surface area contributed by atoms with Gasteiger partial charge in [0.15, 0.2) is 6.61 Å². The number of para-hydroxylation sites is 1. The van der Waals surface area contributed by atoms with Gasteiger partial charge in [0.2, 0.25) is 0 Å². The van der Waals surface area contributed by atoms with Gasteiger partial charge in [-0.15, -0.1) is 0 Å². The molecule has 2 aromatic carbocycles. The van der Waals surface area contributed by atoms with Crippen LogP contribution < -0.4 is 4.74 Å². The molecule has 126 valence electrons. The fraction of sp³-hybridized carbons (Fsp3) is 0.222. The molecule has 0 heterocycles. The first kappa shape index (κ1) is 17.5. The van der Waals surface area contributed by atoms with Gasteiger partial charge in [0, 0.05) is 7.05 Å². The quantitative estimate of drug-likeness (QED) is 0.883. The van der Waals surface area contributed by atoms with E-state index in [9.17, 15) is 14.0 Å². The summed E-state index contributed by atoms with van der Waals surface area (Å²) in [5.74, 6) is -1.63. The summed E-state index contributed by atoms with van der Waals surface area (Å²) in [7, 11) is 1.61. The zero-order valence-electron chi connectivity index (χ0n) is 13.4. The molecule has 2 rings (SSSR count). The Labute approximate surface area is 139 Å². The van der Waals surface area contributed by atoms with E-state index in [0.29, 0.717) is 0 Å². The van der Waals surface area contributed by atoms with Crippen LogP contribution in [-0.2, 0) is 4.79 Å². The van der Waals surface area contributed by atoms with E-state index in [1.807, 2.05) is 6.92 Å². The van der Waals surface area contributed by atoms with Gasteiger partial charge in [-0.2, -0.15) is 0 Å². The summed E-state index contributed by atoms with van der Waals surface area (Å²) in [6.45, 7) is 1.53. The Morgan fingerprint density at radius 2 is 1.79 bits per heavy atom. The van der Waals surface area contributed by atoms with E-state index >= 15 is 0 Å². The first-order valence-electron chi connectivity index (χ1n) is 7.36. The second-order valence-corrected chi connectivity index (χ2v) is 5.32. The minimum Gasteiger partial charge on any atom is -0.483 e. The molecule has 0 saturated carbocycles. The van der Waals surface area contributed by atoms with Crippen molar-refractivity contribution < 1.29 is 23.8 Å². The first-order chi connectivity index (χ1) is 11.4. The number of ether oxygens (including phenoxy) is 1. The molecule has 0 spiro atoms. The lowest BCUT2D eigenvalue weighted by Gasteiger charge is -2.25. The molecule has 1 unspecified atom stereocenters. The lowest BCUT2D eigenvalue weighted by atomic mass is 10.1. The number of amides is 1. The lowest BCUT2D eigenvalue weighted by Crippen LogP contribution is -2.33. The Bertz CT molecular complexity index is 730. The maximum atomic E-state index is 13.0. The van der Waals surface area contributed by atoms with Crippen molar-refractivity contribution in [2.24, 2.45) is 0 Å². The van der Waals surface area contributed by atoms with Gasteiger partial charge in [-0.3, -0.25) is 4.79 Å². The maximum absolute atomic E-state index is 13.0. The second kappa shape index (κ2) is 7.59. The highest BCUT2D eigenvalue weighted by atomic mass is 19.1. The van der Waals surface area contributed by atoms with E-state index < -0.39 is 5.97 Å². The van der Waals surface area contributed by atoms with Gasteiger partial charge in [0.1, 0.15) is 17.1 Å². The molecule has 24 heavy (non-hydrogen) atoms. The van der Waals surface area contributed by atoms with Crippen LogP contribution in [0.3, 0.4) is 0 Å². The molecule has 0 aliphatic rings. The lowest BCUT2D eigenvalue weighted by molar-refractivity contribution is -0.134. The number of aromatic carboxylic acids is 1. The van der Waals surface area contributed by atoms with Crippen molar-refractivity contribution in [1.29, 1.82) is 0 Å². The van der Waals surface area contributed by atoms with Crippen molar-refractivity contribution in [3.05, 3.63) is 65.5 Å². The normalized spacial score (nSPS) is 11.6. The predicted molar refractivity (Wildman–Crippen MR) is 86.5 cm³/mol. The molecule has 0 bridgehead atoms. The van der Waals surface area contributed by atoms with E-state index in [-0.39, 0.29) is 35.7 Å². The smallest absolute Gasteiger partial charge is 0.339 e. The van der Waals surface area contributed by atoms with Crippen LogP contribution >= 0.6 is 0 Å². The SMILES string of the molecule is CC(c1ccc(F)cc1)N(C)C(=O)COc1ccccc1C(=O)O. The van der Waals surface area contributed by atoms with E-state index in [1.54, 1.807) is 31.3 Å². The predicted octanol–water partition coefficient (Wildman–Crippen LogP) is 3.12. The van der Waals surface area contributed by atoms with Crippen molar-refractivity contribution >= 4 is 11.9 Å². The van der Waals surface area contributed by atoms with Crippen LogP contribution in [-0.4, -0.2) is 35.5 Å². The molecule has 5 nitrogen and oxygen atoms in total. The number of hydrogen-bond donors (Lipinski definition) is 1. The summed E-state index contributed by atoms with van der Waals surface area (Å²) in [4.78, 5) is 24.8. The van der Waals surface area contributed by atoms with Crippen molar-refractivity contribution in [3.63, 3.8) is 0 Å². The molecule has 0 aromatic heterocycles. The number of rotatable bonds is 6. The molecule has 1 amide bonds. The summed E-state index contributed by atoms with van der Waals surface area (Å²) in [5.41, 5.74) is 0.790. The highest BCUT2D eigenvalue weighted by Crippen LogP contribution is 2.21. The number of carbonyl (C=O) groups is 2. The average Bonchev–Trinajstić information content (AvgIpc) is 2.59. The Hall–Kier alpha value is -2.89. The molecule has 0 aliphatic heterocycles. The van der Waals surface area contributed by atoms with E-state index in [4.69, 9.17) is 9.84 Å². The maximum Gasteiger partial charge on any atom is 0.339 e. The van der Waals surface area contributed by atoms with Gasteiger partial charge in [-0.1, -0.05) is 24.3 Å². The molecular weight excluding hydrogens is 313 g/mol. The van der Waals surface area contributed by atoms with Crippen LogP contribution in [0.2, 0.25) is 0 Å². The molecular formula is C18H18FNO4. The molecule has 2 aromatic rings. The fourth-order valence-electron chi connectivity index (χ4n) is 2.19. The van der Waals surface area contributed by atoms with Crippen LogP contribution in [0, 0.1) is 5.82 Å². The van der Waals surface area contributed by atoms with Crippen LogP contribution in [0.1, 0.15) is 28.9 Å². The number of carbonyl (C=O) groups excluding carboxylic acids is 1. The fourth-order valence-corrected chi connectivity index (χ4v) is 2.19. The van der Waals surface area contributed by atoms with Crippen molar-refractivity contribution in [1.82, 2.24) is 4.90 Å². The van der Waals surface area contributed by atoms with Gasteiger partial charge in [0.25, 0.3) is 5.91 Å².